The molecule has 0 aliphatic rings. The molecule has 4 rings (SSSR count). The van der Waals surface area contributed by atoms with E-state index < -0.39 is 0 Å². The molecule has 0 aliphatic carbocycles. The van der Waals surface area contributed by atoms with Gasteiger partial charge >= 0.3 is 6.01 Å². The van der Waals surface area contributed by atoms with E-state index in [1.165, 1.54) is 0 Å². The van der Waals surface area contributed by atoms with E-state index in [1.54, 1.807) is 25.1 Å². The highest BCUT2D eigenvalue weighted by Gasteiger charge is 2.08. The van der Waals surface area contributed by atoms with E-state index in [1.807, 2.05) is 30.3 Å². The molecule has 2 N–H and O–H groups in total. The number of aromatic nitrogens is 3. The van der Waals surface area contributed by atoms with E-state index in [0.29, 0.717) is 40.5 Å². The number of nitrogens with one attached hydrogen (secondary N) is 2. The quantitative estimate of drug-likeness (QED) is 0.580. The number of aryl methyl sites for hydroxylation is 1. The number of fused-ring (bicyclic) bond motifs is 1. The molecule has 0 aliphatic heterocycles. The first-order valence-corrected chi connectivity index (χ1v) is 8.33. The second kappa shape index (κ2) is 6.77. The highest BCUT2D eigenvalue weighted by atomic mass is 16.4. The first-order chi connectivity index (χ1) is 13.1. The van der Waals surface area contributed by atoms with Crippen LogP contribution in [0.3, 0.4) is 0 Å². The van der Waals surface area contributed by atoms with Crippen molar-refractivity contribution in [3.05, 3.63) is 75.9 Å². The summed E-state index contributed by atoms with van der Waals surface area (Å²) in [5.74, 6) is 0.504. The lowest BCUT2D eigenvalue weighted by molar-refractivity contribution is 0.530. The number of H-pyrrole nitrogens is 1. The molecule has 132 valence electrons. The van der Waals surface area contributed by atoms with Gasteiger partial charge < -0.3 is 14.7 Å². The van der Waals surface area contributed by atoms with Gasteiger partial charge in [0.25, 0.3) is 5.56 Å². The average Bonchev–Trinajstić information content (AvgIpc) is 3.11. The molecule has 0 radical (unpaired) electrons. The van der Waals surface area contributed by atoms with Crippen LogP contribution in [0, 0.1) is 18.3 Å². The van der Waals surface area contributed by atoms with Crippen LogP contribution in [-0.4, -0.2) is 15.2 Å². The van der Waals surface area contributed by atoms with Crippen molar-refractivity contribution in [2.75, 3.05) is 5.32 Å². The number of nitrogens with zero attached hydrogens (tertiary/aromatic N) is 3. The van der Waals surface area contributed by atoms with Crippen LogP contribution in [0.5, 0.6) is 0 Å². The Morgan fingerprint density at radius 3 is 2.67 bits per heavy atom. The van der Waals surface area contributed by atoms with Gasteiger partial charge in [-0.1, -0.05) is 35.4 Å². The Labute approximate surface area is 154 Å². The zero-order valence-corrected chi connectivity index (χ0v) is 14.5. The van der Waals surface area contributed by atoms with Gasteiger partial charge in [0.05, 0.1) is 11.6 Å². The molecule has 2 heterocycles. The predicted molar refractivity (Wildman–Crippen MR) is 101 cm³/mol. The fourth-order valence-corrected chi connectivity index (χ4v) is 2.89. The molecule has 4 aromatic rings. The van der Waals surface area contributed by atoms with Crippen LogP contribution in [0.15, 0.2) is 57.7 Å². The maximum Gasteiger partial charge on any atom is 0.315 e. The summed E-state index contributed by atoms with van der Waals surface area (Å²) in [7, 11) is 0. The van der Waals surface area contributed by atoms with Gasteiger partial charge in [-0.2, -0.15) is 5.26 Å². The summed E-state index contributed by atoms with van der Waals surface area (Å²) in [4.78, 5) is 15.3. The van der Waals surface area contributed by atoms with Crippen LogP contribution in [0.2, 0.25) is 0 Å². The third kappa shape index (κ3) is 3.28. The topological polar surface area (TPSA) is 108 Å². The van der Waals surface area contributed by atoms with Crippen molar-refractivity contribution in [2.45, 2.75) is 13.5 Å². The summed E-state index contributed by atoms with van der Waals surface area (Å²) in [5.41, 5.74) is 2.82. The Balaban J connectivity index is 1.62. The average molecular weight is 357 g/mol. The molecule has 2 aromatic heterocycles. The van der Waals surface area contributed by atoms with Gasteiger partial charge in [0.15, 0.2) is 0 Å². The Morgan fingerprint density at radius 2 is 1.96 bits per heavy atom. The number of hydrogen-bond donors (Lipinski definition) is 2. The molecule has 7 nitrogen and oxygen atoms in total. The fourth-order valence-electron chi connectivity index (χ4n) is 2.89. The lowest BCUT2D eigenvalue weighted by Crippen LogP contribution is -2.08. The smallest absolute Gasteiger partial charge is 0.315 e. The molecule has 7 heteroatoms. The van der Waals surface area contributed by atoms with Gasteiger partial charge in [0.2, 0.25) is 5.89 Å². The Kier molecular flexibility index (Phi) is 4.15. The molecular formula is C20H15N5O2. The molecular weight excluding hydrogens is 342 g/mol. The highest BCUT2D eigenvalue weighted by molar-refractivity contribution is 5.89. The number of hydrogen-bond acceptors (Lipinski definition) is 6. The van der Waals surface area contributed by atoms with Gasteiger partial charge in [0, 0.05) is 29.9 Å². The summed E-state index contributed by atoms with van der Waals surface area (Å²) in [6.07, 6.45) is 0. The van der Waals surface area contributed by atoms with Crippen molar-refractivity contribution >= 4 is 16.8 Å². The molecule has 0 unspecified atom stereocenters. The van der Waals surface area contributed by atoms with Crippen molar-refractivity contribution in [1.29, 1.82) is 5.26 Å². The third-order valence-corrected chi connectivity index (χ3v) is 4.24. The summed E-state index contributed by atoms with van der Waals surface area (Å²) in [6.45, 7) is 2.27. The minimum atomic E-state index is -0.211. The second-order valence-electron chi connectivity index (χ2n) is 6.07. The molecule has 0 fully saturated rings. The summed E-state index contributed by atoms with van der Waals surface area (Å²) in [6, 6.07) is 17.2. The molecule has 27 heavy (non-hydrogen) atoms. The molecule has 0 bridgehead atoms. The fraction of sp³-hybridized carbons (Fsp3) is 0.100. The molecule has 0 saturated carbocycles. The van der Waals surface area contributed by atoms with E-state index in [-0.39, 0.29) is 5.56 Å². The lowest BCUT2D eigenvalue weighted by Gasteiger charge is -2.07. The normalized spacial score (nSPS) is 10.7. The Morgan fingerprint density at radius 1 is 1.15 bits per heavy atom. The monoisotopic (exact) mass is 357 g/mol. The number of anilines is 1. The van der Waals surface area contributed by atoms with E-state index in [0.717, 1.165) is 11.1 Å². The van der Waals surface area contributed by atoms with Crippen molar-refractivity contribution in [2.24, 2.45) is 0 Å². The number of aromatic amines is 1. The second-order valence-corrected chi connectivity index (χ2v) is 6.07. The van der Waals surface area contributed by atoms with Crippen molar-refractivity contribution in [3.8, 4) is 17.3 Å². The largest absolute Gasteiger partial charge is 0.408 e. The third-order valence-electron chi connectivity index (χ3n) is 4.24. The van der Waals surface area contributed by atoms with Crippen LogP contribution in [0.1, 0.15) is 17.0 Å². The molecule has 0 amide bonds. The Hall–Kier alpha value is -3.92. The van der Waals surface area contributed by atoms with Crippen molar-refractivity contribution in [1.82, 2.24) is 15.2 Å². The summed E-state index contributed by atoms with van der Waals surface area (Å²) in [5, 5.41) is 21.2. The number of nitriles is 1. The minimum absolute atomic E-state index is 0.211. The van der Waals surface area contributed by atoms with Crippen LogP contribution >= 0.6 is 0 Å². The van der Waals surface area contributed by atoms with Gasteiger partial charge in [-0.05, 0) is 29.3 Å². The van der Waals surface area contributed by atoms with Crippen molar-refractivity contribution < 1.29 is 4.42 Å². The first kappa shape index (κ1) is 16.5. The van der Waals surface area contributed by atoms with Crippen LogP contribution in [0.4, 0.5) is 6.01 Å². The highest BCUT2D eigenvalue weighted by Crippen LogP contribution is 2.22. The maximum atomic E-state index is 12.4. The number of pyridine rings is 1. The molecule has 2 aromatic carbocycles. The summed E-state index contributed by atoms with van der Waals surface area (Å²) >= 11 is 0. The first-order valence-electron chi connectivity index (χ1n) is 8.33. The van der Waals surface area contributed by atoms with E-state index in [4.69, 9.17) is 4.42 Å². The van der Waals surface area contributed by atoms with E-state index in [9.17, 15) is 10.1 Å². The standard InChI is InChI=1S/C20H15N5O2/c1-12-24-25-20(27-12)22-11-13-5-7-14(8-6-13)18-9-17-15(10-21)3-2-4-16(17)19(26)23-18/h2-9H,11H2,1H3,(H,22,25)(H,23,26). The SMILES string of the molecule is Cc1nnc(NCc2ccc(-c3cc4c(C#N)cccc4c(=O)[nH]3)cc2)o1. The summed E-state index contributed by atoms with van der Waals surface area (Å²) < 4.78 is 5.27. The number of benzene rings is 2. The zero-order valence-electron chi connectivity index (χ0n) is 14.5. The van der Waals surface area contributed by atoms with Crippen LogP contribution in [-0.2, 0) is 6.54 Å². The van der Waals surface area contributed by atoms with Gasteiger partial charge in [-0.3, -0.25) is 4.79 Å². The number of rotatable bonds is 4. The van der Waals surface area contributed by atoms with Gasteiger partial charge in [-0.15, -0.1) is 5.10 Å². The lowest BCUT2D eigenvalue weighted by atomic mass is 10.0. The minimum Gasteiger partial charge on any atom is -0.408 e. The van der Waals surface area contributed by atoms with Crippen LogP contribution in [0.25, 0.3) is 22.0 Å². The van der Waals surface area contributed by atoms with E-state index >= 15 is 0 Å². The maximum absolute atomic E-state index is 12.4. The van der Waals surface area contributed by atoms with Crippen LogP contribution < -0.4 is 10.9 Å². The van der Waals surface area contributed by atoms with Gasteiger partial charge in [-0.25, -0.2) is 0 Å². The predicted octanol–water partition coefficient (Wildman–Crippen LogP) is 3.37. The molecule has 0 saturated heterocycles. The Bertz CT molecular complexity index is 1220. The van der Waals surface area contributed by atoms with Crippen molar-refractivity contribution in [3.63, 3.8) is 0 Å². The van der Waals surface area contributed by atoms with E-state index in [2.05, 4.69) is 26.6 Å². The molecule has 0 atom stereocenters. The molecule has 0 spiro atoms. The zero-order chi connectivity index (χ0) is 18.8. The van der Waals surface area contributed by atoms with Gasteiger partial charge in [0.1, 0.15) is 0 Å².